The summed E-state index contributed by atoms with van der Waals surface area (Å²) in [5, 5.41) is 0. The molecule has 0 saturated carbocycles. The van der Waals surface area contributed by atoms with E-state index in [1.807, 2.05) is 0 Å². The number of carbonyl (C=O) groups is 1. The number of methoxy groups -OCH3 is 1. The van der Waals surface area contributed by atoms with E-state index in [1.165, 1.54) is 45.9 Å². The van der Waals surface area contributed by atoms with Crippen LogP contribution in [-0.2, 0) is 9.53 Å². The molecule has 3 aliphatic heterocycles. The van der Waals surface area contributed by atoms with Crippen molar-refractivity contribution in [3.05, 3.63) is 0 Å². The van der Waals surface area contributed by atoms with E-state index in [0.29, 0.717) is 12.1 Å². The minimum absolute atomic E-state index is 0.0366. The lowest BCUT2D eigenvalue weighted by atomic mass is 9.92. The molecule has 0 N–H and O–H groups in total. The molecule has 0 aromatic carbocycles. The average molecular weight is 238 g/mol. The SMILES string of the molecule is COC(=O)C1CCN1C1CCN2CCCCC12. The van der Waals surface area contributed by atoms with Crippen molar-refractivity contribution >= 4 is 5.97 Å². The number of carbonyl (C=O) groups excluding carboxylic acids is 1. The lowest BCUT2D eigenvalue weighted by molar-refractivity contribution is -0.154. The van der Waals surface area contributed by atoms with Crippen LogP contribution >= 0.6 is 0 Å². The molecular formula is C13H22N2O2. The number of hydrogen-bond acceptors (Lipinski definition) is 4. The highest BCUT2D eigenvalue weighted by molar-refractivity contribution is 5.76. The van der Waals surface area contributed by atoms with E-state index in [2.05, 4.69) is 9.80 Å². The van der Waals surface area contributed by atoms with Gasteiger partial charge in [-0.25, -0.2) is 0 Å². The second kappa shape index (κ2) is 4.58. The second-order valence-corrected chi connectivity index (χ2v) is 5.52. The van der Waals surface area contributed by atoms with Crippen LogP contribution in [-0.4, -0.2) is 60.6 Å². The van der Waals surface area contributed by atoms with Gasteiger partial charge in [0.05, 0.1) is 7.11 Å². The standard InChI is InChI=1S/C13H22N2O2/c1-17-13(16)12-6-9-15(12)11-5-8-14-7-3-2-4-10(11)14/h10-12H,2-9H2,1H3. The van der Waals surface area contributed by atoms with E-state index in [9.17, 15) is 4.79 Å². The fraction of sp³-hybridized carbons (Fsp3) is 0.923. The number of esters is 1. The zero-order chi connectivity index (χ0) is 11.8. The van der Waals surface area contributed by atoms with Crippen molar-refractivity contribution in [3.8, 4) is 0 Å². The molecule has 3 aliphatic rings. The first kappa shape index (κ1) is 11.5. The van der Waals surface area contributed by atoms with E-state index in [4.69, 9.17) is 4.74 Å². The summed E-state index contributed by atoms with van der Waals surface area (Å²) in [7, 11) is 1.50. The van der Waals surface area contributed by atoms with Gasteiger partial charge in [-0.2, -0.15) is 0 Å². The summed E-state index contributed by atoms with van der Waals surface area (Å²) in [6, 6.07) is 1.36. The Kier molecular flexibility index (Phi) is 3.09. The third kappa shape index (κ3) is 1.87. The Hall–Kier alpha value is -0.610. The van der Waals surface area contributed by atoms with Gasteiger partial charge in [0.2, 0.25) is 0 Å². The van der Waals surface area contributed by atoms with Crippen molar-refractivity contribution in [1.82, 2.24) is 9.80 Å². The molecule has 0 radical (unpaired) electrons. The topological polar surface area (TPSA) is 32.8 Å². The number of ether oxygens (including phenoxy) is 1. The summed E-state index contributed by atoms with van der Waals surface area (Å²) in [6.07, 6.45) is 6.24. The van der Waals surface area contributed by atoms with Crippen LogP contribution in [0.5, 0.6) is 0 Å². The molecule has 3 atom stereocenters. The molecule has 3 heterocycles. The first-order valence-electron chi connectivity index (χ1n) is 6.89. The van der Waals surface area contributed by atoms with E-state index in [-0.39, 0.29) is 12.0 Å². The normalized spacial score (nSPS) is 38.5. The van der Waals surface area contributed by atoms with Gasteiger partial charge in [0.15, 0.2) is 0 Å². The maximum atomic E-state index is 11.6. The molecule has 3 rings (SSSR count). The van der Waals surface area contributed by atoms with Crippen LogP contribution in [0.3, 0.4) is 0 Å². The predicted molar refractivity (Wildman–Crippen MR) is 64.7 cm³/mol. The van der Waals surface area contributed by atoms with Crippen molar-refractivity contribution in [2.24, 2.45) is 0 Å². The van der Waals surface area contributed by atoms with Crippen LogP contribution in [0.15, 0.2) is 0 Å². The molecule has 3 fully saturated rings. The summed E-state index contributed by atoms with van der Waals surface area (Å²) < 4.78 is 4.89. The summed E-state index contributed by atoms with van der Waals surface area (Å²) in [4.78, 5) is 16.7. The molecule has 3 unspecified atom stereocenters. The summed E-state index contributed by atoms with van der Waals surface area (Å²) in [5.74, 6) is -0.0366. The van der Waals surface area contributed by atoms with Gasteiger partial charge in [0.1, 0.15) is 6.04 Å². The lowest BCUT2D eigenvalue weighted by Gasteiger charge is -2.46. The van der Waals surface area contributed by atoms with Crippen molar-refractivity contribution in [1.29, 1.82) is 0 Å². The maximum Gasteiger partial charge on any atom is 0.323 e. The van der Waals surface area contributed by atoms with Crippen LogP contribution in [0, 0.1) is 0 Å². The van der Waals surface area contributed by atoms with Crippen molar-refractivity contribution < 1.29 is 9.53 Å². The van der Waals surface area contributed by atoms with Crippen LogP contribution in [0.25, 0.3) is 0 Å². The van der Waals surface area contributed by atoms with Gasteiger partial charge in [-0.1, -0.05) is 6.42 Å². The monoisotopic (exact) mass is 238 g/mol. The van der Waals surface area contributed by atoms with Gasteiger partial charge in [-0.3, -0.25) is 14.6 Å². The molecule has 0 aromatic rings. The number of likely N-dealkylation sites (tertiary alicyclic amines) is 1. The number of nitrogens with zero attached hydrogens (tertiary/aromatic N) is 2. The van der Waals surface area contributed by atoms with Gasteiger partial charge >= 0.3 is 5.97 Å². The zero-order valence-corrected chi connectivity index (χ0v) is 10.6. The fourth-order valence-electron chi connectivity index (χ4n) is 3.80. The average Bonchev–Trinajstić information content (AvgIpc) is 2.72. The molecule has 0 bridgehead atoms. The molecule has 0 aliphatic carbocycles. The van der Waals surface area contributed by atoms with Gasteiger partial charge in [0.25, 0.3) is 0 Å². The Labute approximate surface area is 103 Å². The number of fused-ring (bicyclic) bond motifs is 1. The zero-order valence-electron chi connectivity index (χ0n) is 10.6. The molecule has 4 heteroatoms. The highest BCUT2D eigenvalue weighted by Gasteiger charge is 2.46. The Morgan fingerprint density at radius 3 is 2.65 bits per heavy atom. The predicted octanol–water partition coefficient (Wildman–Crippen LogP) is 0.860. The fourth-order valence-corrected chi connectivity index (χ4v) is 3.80. The van der Waals surface area contributed by atoms with Crippen molar-refractivity contribution in [2.75, 3.05) is 26.7 Å². The Balaban J connectivity index is 1.66. The van der Waals surface area contributed by atoms with E-state index in [1.54, 1.807) is 0 Å². The minimum Gasteiger partial charge on any atom is -0.468 e. The summed E-state index contributed by atoms with van der Waals surface area (Å²) in [6.45, 7) is 3.56. The highest BCUT2D eigenvalue weighted by atomic mass is 16.5. The van der Waals surface area contributed by atoms with Crippen molar-refractivity contribution in [2.45, 2.75) is 50.2 Å². The third-order valence-electron chi connectivity index (χ3n) is 4.78. The lowest BCUT2D eigenvalue weighted by Crippen LogP contribution is -2.60. The number of hydrogen-bond donors (Lipinski definition) is 0. The minimum atomic E-state index is -0.0366. The smallest absolute Gasteiger partial charge is 0.323 e. The number of piperidine rings is 1. The van der Waals surface area contributed by atoms with Crippen LogP contribution in [0.2, 0.25) is 0 Å². The van der Waals surface area contributed by atoms with Gasteiger partial charge in [-0.15, -0.1) is 0 Å². The van der Waals surface area contributed by atoms with Crippen LogP contribution in [0.1, 0.15) is 32.1 Å². The van der Waals surface area contributed by atoms with E-state index < -0.39 is 0 Å². The van der Waals surface area contributed by atoms with E-state index >= 15 is 0 Å². The molecular weight excluding hydrogens is 216 g/mol. The Morgan fingerprint density at radius 1 is 1.06 bits per heavy atom. The Bertz CT molecular complexity index is 308. The maximum absolute atomic E-state index is 11.6. The Morgan fingerprint density at radius 2 is 1.94 bits per heavy atom. The van der Waals surface area contributed by atoms with Gasteiger partial charge in [0, 0.05) is 25.2 Å². The second-order valence-electron chi connectivity index (χ2n) is 5.52. The van der Waals surface area contributed by atoms with Crippen LogP contribution in [0.4, 0.5) is 0 Å². The van der Waals surface area contributed by atoms with E-state index in [0.717, 1.165) is 13.0 Å². The summed E-state index contributed by atoms with van der Waals surface area (Å²) >= 11 is 0. The highest BCUT2D eigenvalue weighted by Crippen LogP contribution is 2.35. The van der Waals surface area contributed by atoms with Crippen LogP contribution < -0.4 is 0 Å². The quantitative estimate of drug-likeness (QED) is 0.668. The molecule has 0 aromatic heterocycles. The first-order valence-corrected chi connectivity index (χ1v) is 6.89. The molecule has 3 saturated heterocycles. The molecule has 96 valence electrons. The molecule has 17 heavy (non-hydrogen) atoms. The molecule has 0 spiro atoms. The molecule has 4 nitrogen and oxygen atoms in total. The van der Waals surface area contributed by atoms with Crippen molar-refractivity contribution in [3.63, 3.8) is 0 Å². The third-order valence-corrected chi connectivity index (χ3v) is 4.78. The molecule has 0 amide bonds. The van der Waals surface area contributed by atoms with Gasteiger partial charge < -0.3 is 4.74 Å². The first-order chi connectivity index (χ1) is 8.31. The summed E-state index contributed by atoms with van der Waals surface area (Å²) in [5.41, 5.74) is 0. The van der Waals surface area contributed by atoms with Gasteiger partial charge in [-0.05, 0) is 32.2 Å². The largest absolute Gasteiger partial charge is 0.468 e. The number of rotatable bonds is 2.